The number of methoxy groups -OCH3 is 2. The lowest BCUT2D eigenvalue weighted by Gasteiger charge is -2.16. The van der Waals surface area contributed by atoms with Gasteiger partial charge in [-0.25, -0.2) is 4.79 Å². The van der Waals surface area contributed by atoms with E-state index >= 15 is 0 Å². The molecule has 0 aliphatic carbocycles. The number of nitrogens with zero attached hydrogens (tertiary/aromatic N) is 1. The number of carbonyl (C=O) groups excluding carboxylic acids is 1. The molecule has 1 atom stereocenters. The van der Waals surface area contributed by atoms with Crippen LogP contribution in [0.5, 0.6) is 5.75 Å². The van der Waals surface area contributed by atoms with Gasteiger partial charge in [0.2, 0.25) is 0 Å². The first-order chi connectivity index (χ1) is 13.0. The Bertz CT molecular complexity index is 937. The second kappa shape index (κ2) is 8.33. The van der Waals surface area contributed by atoms with Crippen molar-refractivity contribution in [3.8, 4) is 5.75 Å². The zero-order valence-electron chi connectivity index (χ0n) is 15.1. The lowest BCUT2D eigenvalue weighted by molar-refractivity contribution is 0.0508. The van der Waals surface area contributed by atoms with Gasteiger partial charge in [0.25, 0.3) is 0 Å². The van der Waals surface area contributed by atoms with E-state index in [0.717, 1.165) is 16.7 Å². The summed E-state index contributed by atoms with van der Waals surface area (Å²) in [5, 5.41) is 1.26. The third-order valence-electron chi connectivity index (χ3n) is 4.20. The Balaban J connectivity index is 1.77. The number of halogens is 1. The van der Waals surface area contributed by atoms with Crippen LogP contribution in [0.2, 0.25) is 5.02 Å². The minimum absolute atomic E-state index is 0.199. The highest BCUT2D eigenvalue weighted by Crippen LogP contribution is 2.26. The molecule has 1 heterocycles. The van der Waals surface area contributed by atoms with Crippen LogP contribution in [0.15, 0.2) is 48.5 Å². The van der Waals surface area contributed by atoms with Crippen molar-refractivity contribution in [1.82, 2.24) is 4.73 Å². The molecule has 6 nitrogen and oxygen atoms in total. The summed E-state index contributed by atoms with van der Waals surface area (Å²) < 4.78 is 11.4. The molecule has 0 aliphatic heterocycles. The van der Waals surface area contributed by atoms with Crippen molar-refractivity contribution in [3.05, 3.63) is 64.8 Å². The molecule has 0 aliphatic rings. The van der Waals surface area contributed by atoms with E-state index in [4.69, 9.17) is 31.6 Å². The number of hydrogen-bond acceptors (Lipinski definition) is 5. The molecule has 2 N–H and O–H groups in total. The van der Waals surface area contributed by atoms with E-state index in [2.05, 4.69) is 0 Å². The molecule has 0 saturated carbocycles. The number of rotatable bonds is 7. The van der Waals surface area contributed by atoms with Crippen LogP contribution in [0, 0.1) is 0 Å². The monoisotopic (exact) mass is 388 g/mol. The third kappa shape index (κ3) is 4.18. The first-order valence-electron chi connectivity index (χ1n) is 8.43. The highest BCUT2D eigenvalue weighted by molar-refractivity contribution is 6.35. The molecule has 1 aromatic heterocycles. The van der Waals surface area contributed by atoms with Crippen molar-refractivity contribution >= 4 is 28.5 Å². The molecule has 0 bridgehead atoms. The van der Waals surface area contributed by atoms with Crippen LogP contribution in [0.4, 0.5) is 0 Å². The fourth-order valence-electron chi connectivity index (χ4n) is 2.86. The van der Waals surface area contributed by atoms with E-state index in [1.54, 1.807) is 19.2 Å². The zero-order chi connectivity index (χ0) is 19.4. The van der Waals surface area contributed by atoms with Gasteiger partial charge >= 0.3 is 5.97 Å². The SMILES string of the molecule is COC(=O)c1cc2cccc(Cl)c2n1OCC(N)Cc1ccc(OC)cc1. The molecule has 0 radical (unpaired) electrons. The number of fused-ring (bicyclic) bond motifs is 1. The van der Waals surface area contributed by atoms with Crippen LogP contribution in [0.1, 0.15) is 16.1 Å². The number of para-hydroxylation sites is 1. The standard InChI is InChI=1S/C20H21ClN2O4/c1-25-16-8-6-13(7-9-16)10-15(22)12-27-23-18(20(24)26-2)11-14-4-3-5-17(21)19(14)23/h3-9,11,15H,10,12,22H2,1-2H3. The molecule has 7 heteroatoms. The van der Waals surface area contributed by atoms with Gasteiger partial charge in [0.05, 0.1) is 19.2 Å². The second-order valence-electron chi connectivity index (χ2n) is 6.10. The van der Waals surface area contributed by atoms with Crippen LogP contribution in [0.3, 0.4) is 0 Å². The molecule has 0 fully saturated rings. The Morgan fingerprint density at radius 2 is 1.93 bits per heavy atom. The molecule has 2 aromatic carbocycles. The first-order valence-corrected chi connectivity index (χ1v) is 8.81. The summed E-state index contributed by atoms with van der Waals surface area (Å²) in [6.45, 7) is 0.199. The number of aromatic nitrogens is 1. The Morgan fingerprint density at radius 3 is 2.59 bits per heavy atom. The quantitative estimate of drug-likeness (QED) is 0.629. The number of benzene rings is 2. The van der Waals surface area contributed by atoms with Crippen molar-refractivity contribution in [2.45, 2.75) is 12.5 Å². The topological polar surface area (TPSA) is 75.7 Å². The molecule has 1 unspecified atom stereocenters. The maximum Gasteiger partial charge on any atom is 0.358 e. The molecule has 0 saturated heterocycles. The van der Waals surface area contributed by atoms with E-state index in [1.807, 2.05) is 36.4 Å². The van der Waals surface area contributed by atoms with E-state index in [9.17, 15) is 4.79 Å². The smallest absolute Gasteiger partial charge is 0.358 e. The fraction of sp³-hybridized carbons (Fsp3) is 0.250. The van der Waals surface area contributed by atoms with Crippen LogP contribution in [0.25, 0.3) is 10.9 Å². The molecule has 27 heavy (non-hydrogen) atoms. The first kappa shape index (κ1) is 19.1. The summed E-state index contributed by atoms with van der Waals surface area (Å²) >= 11 is 6.30. The number of nitrogens with two attached hydrogens (primary N) is 1. The summed E-state index contributed by atoms with van der Waals surface area (Å²) in [4.78, 5) is 18.0. The average Bonchev–Trinajstić information content (AvgIpc) is 3.06. The molecule has 0 spiro atoms. The van der Waals surface area contributed by atoms with Gasteiger partial charge in [-0.1, -0.05) is 35.9 Å². The number of ether oxygens (including phenoxy) is 2. The number of hydrogen-bond donors (Lipinski definition) is 1. The summed E-state index contributed by atoms with van der Waals surface area (Å²) in [6, 6.07) is 14.5. The van der Waals surface area contributed by atoms with Gasteiger partial charge in [-0.05, 0) is 36.2 Å². The summed E-state index contributed by atoms with van der Waals surface area (Å²) in [6.07, 6.45) is 0.616. The Morgan fingerprint density at radius 1 is 1.19 bits per heavy atom. The molecule has 3 rings (SSSR count). The summed E-state index contributed by atoms with van der Waals surface area (Å²) in [7, 11) is 2.95. The summed E-state index contributed by atoms with van der Waals surface area (Å²) in [5.41, 5.74) is 8.15. The molecule has 142 valence electrons. The highest BCUT2D eigenvalue weighted by Gasteiger charge is 2.20. The van der Waals surface area contributed by atoms with E-state index < -0.39 is 5.97 Å². The third-order valence-corrected chi connectivity index (χ3v) is 4.51. The average molecular weight is 389 g/mol. The minimum Gasteiger partial charge on any atom is -0.497 e. The van der Waals surface area contributed by atoms with Gasteiger partial charge < -0.3 is 20.0 Å². The van der Waals surface area contributed by atoms with Crippen molar-refractivity contribution in [2.75, 3.05) is 20.8 Å². The number of esters is 1. The van der Waals surface area contributed by atoms with Gasteiger partial charge in [0.15, 0.2) is 5.69 Å². The molecule has 3 aromatic rings. The second-order valence-corrected chi connectivity index (χ2v) is 6.51. The highest BCUT2D eigenvalue weighted by atomic mass is 35.5. The van der Waals surface area contributed by atoms with Crippen molar-refractivity contribution < 1.29 is 19.1 Å². The van der Waals surface area contributed by atoms with Gasteiger partial charge in [-0.15, -0.1) is 0 Å². The van der Waals surface area contributed by atoms with Gasteiger partial charge in [0, 0.05) is 11.4 Å². The van der Waals surface area contributed by atoms with Crippen LogP contribution in [-0.4, -0.2) is 37.6 Å². The molecule has 0 amide bonds. The normalized spacial score (nSPS) is 12.0. The number of carbonyl (C=O) groups is 1. The van der Waals surface area contributed by atoms with E-state index in [0.29, 0.717) is 17.0 Å². The van der Waals surface area contributed by atoms with Gasteiger partial charge in [-0.3, -0.25) is 0 Å². The maximum absolute atomic E-state index is 12.1. The molecular weight excluding hydrogens is 368 g/mol. The lowest BCUT2D eigenvalue weighted by atomic mass is 10.1. The Kier molecular flexibility index (Phi) is 5.88. The van der Waals surface area contributed by atoms with Crippen molar-refractivity contribution in [2.24, 2.45) is 5.73 Å². The minimum atomic E-state index is -0.508. The maximum atomic E-state index is 12.1. The largest absolute Gasteiger partial charge is 0.497 e. The van der Waals surface area contributed by atoms with Crippen LogP contribution in [-0.2, 0) is 11.2 Å². The predicted octanol–water partition coefficient (Wildman–Crippen LogP) is 3.09. The van der Waals surface area contributed by atoms with Crippen molar-refractivity contribution in [3.63, 3.8) is 0 Å². The molecular formula is C20H21ClN2O4. The fourth-order valence-corrected chi connectivity index (χ4v) is 3.12. The lowest BCUT2D eigenvalue weighted by Crippen LogP contribution is -2.34. The van der Waals surface area contributed by atoms with Crippen LogP contribution >= 0.6 is 11.6 Å². The summed E-state index contributed by atoms with van der Waals surface area (Å²) in [5.74, 6) is 0.283. The van der Waals surface area contributed by atoms with E-state index in [1.165, 1.54) is 11.8 Å². The van der Waals surface area contributed by atoms with Crippen molar-refractivity contribution in [1.29, 1.82) is 0 Å². The predicted molar refractivity (Wildman–Crippen MR) is 104 cm³/mol. The van der Waals surface area contributed by atoms with Gasteiger partial charge in [0.1, 0.15) is 17.9 Å². The van der Waals surface area contributed by atoms with Gasteiger partial charge in [-0.2, -0.15) is 4.73 Å². The van der Waals surface area contributed by atoms with Crippen LogP contribution < -0.4 is 15.3 Å². The zero-order valence-corrected chi connectivity index (χ0v) is 15.9. The Labute approximate surface area is 162 Å². The Hall–Kier alpha value is -2.70. The van der Waals surface area contributed by atoms with E-state index in [-0.39, 0.29) is 18.3 Å².